The maximum absolute atomic E-state index is 6.16. The molecule has 0 bridgehead atoms. The molecule has 1 N–H and O–H groups in total. The molecule has 10 heteroatoms. The Morgan fingerprint density at radius 1 is 1.04 bits per heavy atom. The van der Waals surface area contributed by atoms with Crippen LogP contribution in [-0.4, -0.2) is 63.0 Å². The zero-order valence-electron chi connectivity index (χ0n) is 14.0. The summed E-state index contributed by atoms with van der Waals surface area (Å²) in [6.45, 7) is 5.22. The fraction of sp³-hybridized carbons (Fsp3) is 0.400. The van der Waals surface area contributed by atoms with E-state index in [1.165, 1.54) is 6.33 Å². The van der Waals surface area contributed by atoms with Crippen LogP contribution in [0, 0.1) is 6.92 Å². The Morgan fingerprint density at radius 3 is 2.56 bits per heavy atom. The highest BCUT2D eigenvalue weighted by molar-refractivity contribution is 6.32. The second-order valence-electron chi connectivity index (χ2n) is 5.80. The summed E-state index contributed by atoms with van der Waals surface area (Å²) >= 11 is 6.16. The summed E-state index contributed by atoms with van der Waals surface area (Å²) in [4.78, 5) is 12.9. The highest BCUT2D eigenvalue weighted by Gasteiger charge is 2.22. The van der Waals surface area contributed by atoms with Gasteiger partial charge in [0.05, 0.1) is 0 Å². The molecule has 4 heterocycles. The summed E-state index contributed by atoms with van der Waals surface area (Å²) in [6.07, 6.45) is 1.50. The van der Waals surface area contributed by atoms with Crippen LogP contribution in [-0.2, 0) is 0 Å². The Hall–Kier alpha value is -2.68. The first-order valence-corrected chi connectivity index (χ1v) is 8.42. The Balaban J connectivity index is 1.53. The zero-order chi connectivity index (χ0) is 17.4. The Bertz CT molecular complexity index is 901. The zero-order valence-corrected chi connectivity index (χ0v) is 14.8. The number of hydrogen-bond acceptors (Lipinski definition) is 8. The molecule has 1 fully saturated rings. The van der Waals surface area contributed by atoms with Gasteiger partial charge >= 0.3 is 0 Å². The van der Waals surface area contributed by atoms with Crippen molar-refractivity contribution in [3.63, 3.8) is 0 Å². The number of aromatic nitrogens is 6. The monoisotopic (exact) mass is 359 g/mol. The van der Waals surface area contributed by atoms with Gasteiger partial charge in [0.2, 0.25) is 0 Å². The summed E-state index contributed by atoms with van der Waals surface area (Å²) in [5, 5.41) is 16.3. The fourth-order valence-electron chi connectivity index (χ4n) is 3.01. The topological polar surface area (TPSA) is 87.4 Å². The normalized spacial score (nSPS) is 15.0. The Kier molecular flexibility index (Phi) is 4.00. The van der Waals surface area contributed by atoms with Crippen LogP contribution in [0.5, 0.6) is 0 Å². The number of aryl methyl sites for hydroxylation is 1. The molecule has 1 aliphatic heterocycles. The molecule has 0 radical (unpaired) electrons. The minimum atomic E-state index is 0.435. The molecule has 0 amide bonds. The van der Waals surface area contributed by atoms with Crippen molar-refractivity contribution < 1.29 is 0 Å². The third-order valence-corrected chi connectivity index (χ3v) is 4.63. The molecule has 4 rings (SSSR count). The van der Waals surface area contributed by atoms with Gasteiger partial charge < -0.3 is 15.1 Å². The van der Waals surface area contributed by atoms with Crippen molar-refractivity contribution in [3.05, 3.63) is 29.4 Å². The fourth-order valence-corrected chi connectivity index (χ4v) is 3.24. The average molecular weight is 360 g/mol. The number of piperazine rings is 1. The molecule has 0 unspecified atom stereocenters. The van der Waals surface area contributed by atoms with Gasteiger partial charge in [0, 0.05) is 33.2 Å². The molecule has 0 saturated carbocycles. The second kappa shape index (κ2) is 6.32. The first-order valence-electron chi connectivity index (χ1n) is 8.04. The highest BCUT2D eigenvalue weighted by atomic mass is 35.5. The van der Waals surface area contributed by atoms with E-state index in [0.29, 0.717) is 5.15 Å². The number of hydrogen-bond donors (Lipinski definition) is 1. The van der Waals surface area contributed by atoms with Gasteiger partial charge in [0.15, 0.2) is 22.4 Å². The largest absolute Gasteiger partial charge is 0.383 e. The van der Waals surface area contributed by atoms with E-state index >= 15 is 0 Å². The van der Waals surface area contributed by atoms with Crippen molar-refractivity contribution in [2.75, 3.05) is 48.3 Å². The number of rotatable bonds is 3. The molecule has 25 heavy (non-hydrogen) atoms. The van der Waals surface area contributed by atoms with Gasteiger partial charge in [-0.2, -0.15) is 4.52 Å². The van der Waals surface area contributed by atoms with Crippen molar-refractivity contribution in [2.24, 2.45) is 0 Å². The summed E-state index contributed by atoms with van der Waals surface area (Å²) in [7, 11) is 1.82. The van der Waals surface area contributed by atoms with Crippen molar-refractivity contribution in [1.29, 1.82) is 0 Å². The predicted octanol–water partition coefficient (Wildman–Crippen LogP) is 1.24. The van der Waals surface area contributed by atoms with Crippen LogP contribution >= 0.6 is 11.6 Å². The van der Waals surface area contributed by atoms with Crippen LogP contribution in [0.25, 0.3) is 5.65 Å². The summed E-state index contributed by atoms with van der Waals surface area (Å²) in [5.74, 6) is 2.54. The van der Waals surface area contributed by atoms with Crippen molar-refractivity contribution in [1.82, 2.24) is 29.8 Å². The lowest BCUT2D eigenvalue weighted by atomic mass is 10.3. The maximum atomic E-state index is 6.16. The molecule has 1 saturated heterocycles. The van der Waals surface area contributed by atoms with Crippen LogP contribution in [0.15, 0.2) is 18.5 Å². The standard InChI is InChI=1S/C15H18ClN9/c1-10-20-21-11-3-4-12(22-25(10)11)23-5-7-24(8-6-23)15-13(17-2)14(16)18-9-19-15/h3-4,9,17H,5-8H2,1-2H3. The van der Waals surface area contributed by atoms with Crippen molar-refractivity contribution in [3.8, 4) is 0 Å². The van der Waals surface area contributed by atoms with Crippen molar-refractivity contribution >= 4 is 34.6 Å². The molecule has 9 nitrogen and oxygen atoms in total. The highest BCUT2D eigenvalue weighted by Crippen LogP contribution is 2.29. The van der Waals surface area contributed by atoms with Gasteiger partial charge in [-0.05, 0) is 19.1 Å². The van der Waals surface area contributed by atoms with E-state index in [1.807, 2.05) is 26.1 Å². The van der Waals surface area contributed by atoms with Gasteiger partial charge in [-0.1, -0.05) is 11.6 Å². The van der Waals surface area contributed by atoms with E-state index in [9.17, 15) is 0 Å². The molecular formula is C15H18ClN9. The molecule has 0 aromatic carbocycles. The van der Waals surface area contributed by atoms with Gasteiger partial charge in [0.1, 0.15) is 17.8 Å². The number of nitrogens with one attached hydrogen (secondary N) is 1. The summed E-state index contributed by atoms with van der Waals surface area (Å²) in [6, 6.07) is 3.93. The quantitative estimate of drug-likeness (QED) is 0.699. The van der Waals surface area contributed by atoms with E-state index in [0.717, 1.165) is 55.0 Å². The number of nitrogens with zero attached hydrogens (tertiary/aromatic N) is 8. The van der Waals surface area contributed by atoms with E-state index in [2.05, 4.69) is 40.4 Å². The van der Waals surface area contributed by atoms with Crippen LogP contribution < -0.4 is 15.1 Å². The van der Waals surface area contributed by atoms with Crippen LogP contribution in [0.2, 0.25) is 5.15 Å². The van der Waals surface area contributed by atoms with Crippen LogP contribution in [0.4, 0.5) is 17.3 Å². The van der Waals surface area contributed by atoms with Gasteiger partial charge in [-0.25, -0.2) is 9.97 Å². The van der Waals surface area contributed by atoms with Gasteiger partial charge in [0.25, 0.3) is 0 Å². The van der Waals surface area contributed by atoms with Gasteiger partial charge in [-0.15, -0.1) is 15.3 Å². The molecule has 0 atom stereocenters. The van der Waals surface area contributed by atoms with E-state index in [4.69, 9.17) is 11.6 Å². The number of halogens is 1. The van der Waals surface area contributed by atoms with Gasteiger partial charge in [-0.3, -0.25) is 0 Å². The lowest BCUT2D eigenvalue weighted by Crippen LogP contribution is -2.47. The van der Waals surface area contributed by atoms with E-state index in [-0.39, 0.29) is 0 Å². The predicted molar refractivity (Wildman–Crippen MR) is 96.5 cm³/mol. The molecule has 3 aromatic heterocycles. The second-order valence-corrected chi connectivity index (χ2v) is 6.15. The van der Waals surface area contributed by atoms with Crippen LogP contribution in [0.1, 0.15) is 5.82 Å². The maximum Gasteiger partial charge on any atom is 0.178 e. The minimum Gasteiger partial charge on any atom is -0.383 e. The molecular weight excluding hydrogens is 342 g/mol. The Labute approximate surface area is 149 Å². The summed E-state index contributed by atoms with van der Waals surface area (Å²) < 4.78 is 1.77. The molecule has 130 valence electrons. The number of fused-ring (bicyclic) bond motifs is 1. The molecule has 0 aliphatic carbocycles. The van der Waals surface area contributed by atoms with Crippen LogP contribution in [0.3, 0.4) is 0 Å². The first kappa shape index (κ1) is 15.8. The third-order valence-electron chi connectivity index (χ3n) is 4.34. The third kappa shape index (κ3) is 2.80. The molecule has 3 aromatic rings. The first-order chi connectivity index (χ1) is 12.2. The average Bonchev–Trinajstić information content (AvgIpc) is 3.02. The van der Waals surface area contributed by atoms with E-state index < -0.39 is 0 Å². The Morgan fingerprint density at radius 2 is 1.80 bits per heavy atom. The lowest BCUT2D eigenvalue weighted by molar-refractivity contribution is 0.635. The summed E-state index contributed by atoms with van der Waals surface area (Å²) in [5.41, 5.74) is 1.52. The number of anilines is 3. The minimum absolute atomic E-state index is 0.435. The molecule has 1 aliphatic rings. The van der Waals surface area contributed by atoms with Crippen molar-refractivity contribution in [2.45, 2.75) is 6.92 Å². The van der Waals surface area contributed by atoms with E-state index in [1.54, 1.807) is 4.52 Å². The lowest BCUT2D eigenvalue weighted by Gasteiger charge is -2.36. The molecule has 0 spiro atoms. The SMILES string of the molecule is CNc1c(Cl)ncnc1N1CCN(c2ccc3nnc(C)n3n2)CC1. The smallest absolute Gasteiger partial charge is 0.178 e.